The monoisotopic (exact) mass is 728 g/mol. The molecule has 0 unspecified atom stereocenters. The smallest absolute Gasteiger partial charge is 0.325 e. The van der Waals surface area contributed by atoms with Gasteiger partial charge in [-0.25, -0.2) is 18.2 Å². The number of hydrogen-bond acceptors (Lipinski definition) is 11. The van der Waals surface area contributed by atoms with E-state index in [1.54, 1.807) is 52.3 Å². The first-order valence-electron chi connectivity index (χ1n) is 16.5. The minimum Gasteiger partial charge on any atom is -0.497 e. The SMILES string of the molecule is C=C[C@H]1C[C@@]1(NC(=O)[C@H]1C[C@@H](Oc2nccc3cc(OC)ccc23)CN1C(=O)[C@@H](NC(=O)NCC(=O)OC)C(C)(C)C)C(=O)NS(=O)(=O)C1CC1. The Morgan fingerprint density at radius 2 is 1.86 bits per heavy atom. The Kier molecular flexibility index (Phi) is 10.5. The van der Waals surface area contributed by atoms with Gasteiger partial charge in [-0.1, -0.05) is 26.8 Å². The van der Waals surface area contributed by atoms with Crippen LogP contribution in [0.15, 0.2) is 43.1 Å². The van der Waals surface area contributed by atoms with Crippen LogP contribution in [0.1, 0.15) is 46.5 Å². The number of nitrogens with zero attached hydrogens (tertiary/aromatic N) is 2. The molecule has 3 fully saturated rings. The maximum atomic E-state index is 14.4. The van der Waals surface area contributed by atoms with E-state index in [-0.39, 0.29) is 25.3 Å². The summed E-state index contributed by atoms with van der Waals surface area (Å²) < 4.78 is 43.6. The van der Waals surface area contributed by atoms with Crippen LogP contribution in [0.25, 0.3) is 10.8 Å². The first-order valence-corrected chi connectivity index (χ1v) is 18.1. The van der Waals surface area contributed by atoms with Gasteiger partial charge >= 0.3 is 12.0 Å². The quantitative estimate of drug-likeness (QED) is 0.170. The molecule has 16 nitrogen and oxygen atoms in total. The molecule has 4 N–H and O–H groups in total. The summed E-state index contributed by atoms with van der Waals surface area (Å²) in [4.78, 5) is 72.1. The molecule has 5 atom stereocenters. The molecule has 2 aliphatic carbocycles. The lowest BCUT2D eigenvalue weighted by molar-refractivity contribution is -0.142. The Bertz CT molecular complexity index is 1840. The van der Waals surface area contributed by atoms with Crippen molar-refractivity contribution < 1.29 is 46.6 Å². The number of carbonyl (C=O) groups is 5. The Morgan fingerprint density at radius 1 is 1.14 bits per heavy atom. The highest BCUT2D eigenvalue weighted by atomic mass is 32.2. The molecule has 3 aliphatic rings. The summed E-state index contributed by atoms with van der Waals surface area (Å²) in [5, 5.41) is 8.51. The highest BCUT2D eigenvalue weighted by Gasteiger charge is 2.62. The number of aromatic nitrogens is 1. The first kappa shape index (κ1) is 37.3. The van der Waals surface area contributed by atoms with E-state index in [9.17, 15) is 32.4 Å². The Balaban J connectivity index is 1.43. The van der Waals surface area contributed by atoms with Crippen molar-refractivity contribution in [2.75, 3.05) is 27.3 Å². The van der Waals surface area contributed by atoms with E-state index < -0.39 is 86.6 Å². The van der Waals surface area contributed by atoms with Gasteiger partial charge in [-0.05, 0) is 54.3 Å². The van der Waals surface area contributed by atoms with E-state index in [1.807, 2.05) is 6.07 Å². The summed E-state index contributed by atoms with van der Waals surface area (Å²) in [6.07, 6.45) is 3.26. The topological polar surface area (TPSA) is 211 Å². The van der Waals surface area contributed by atoms with Gasteiger partial charge in [-0.3, -0.25) is 23.9 Å². The molecule has 2 heterocycles. The number of ether oxygens (including phenoxy) is 3. The maximum Gasteiger partial charge on any atom is 0.325 e. The molecule has 276 valence electrons. The number of pyridine rings is 1. The Hall–Kier alpha value is -4.93. The van der Waals surface area contributed by atoms with Crippen LogP contribution in [-0.4, -0.2) is 104 Å². The highest BCUT2D eigenvalue weighted by Crippen LogP contribution is 2.45. The summed E-state index contributed by atoms with van der Waals surface area (Å²) in [6, 6.07) is 3.95. The number of esters is 1. The van der Waals surface area contributed by atoms with Gasteiger partial charge in [0.2, 0.25) is 27.7 Å². The molecule has 2 aromatic rings. The summed E-state index contributed by atoms with van der Waals surface area (Å²) >= 11 is 0. The second-order valence-electron chi connectivity index (χ2n) is 14.1. The zero-order valence-corrected chi connectivity index (χ0v) is 30.0. The highest BCUT2D eigenvalue weighted by molar-refractivity contribution is 7.91. The van der Waals surface area contributed by atoms with E-state index in [2.05, 4.69) is 37.0 Å². The second-order valence-corrected chi connectivity index (χ2v) is 16.0. The van der Waals surface area contributed by atoms with E-state index in [1.165, 1.54) is 18.1 Å². The third-order valence-electron chi connectivity index (χ3n) is 9.32. The predicted molar refractivity (Wildman–Crippen MR) is 184 cm³/mol. The van der Waals surface area contributed by atoms with Crippen molar-refractivity contribution in [1.29, 1.82) is 0 Å². The number of amides is 5. The predicted octanol–water partition coefficient (Wildman–Crippen LogP) is 1.15. The lowest BCUT2D eigenvalue weighted by atomic mass is 9.85. The molecule has 0 bridgehead atoms. The molecule has 17 heteroatoms. The van der Waals surface area contributed by atoms with Crippen molar-refractivity contribution in [2.45, 2.75) is 75.4 Å². The van der Waals surface area contributed by atoms with Crippen LogP contribution in [0.2, 0.25) is 0 Å². The number of hydrogen-bond donors (Lipinski definition) is 4. The first-order chi connectivity index (χ1) is 24.0. The van der Waals surface area contributed by atoms with Crippen molar-refractivity contribution >= 4 is 50.5 Å². The molecule has 1 aromatic heterocycles. The van der Waals surface area contributed by atoms with E-state index in [0.29, 0.717) is 24.0 Å². The third kappa shape index (κ3) is 8.18. The minimum atomic E-state index is -3.92. The molecular formula is C34H44N6O10S. The fourth-order valence-electron chi connectivity index (χ4n) is 6.12. The van der Waals surface area contributed by atoms with Gasteiger partial charge < -0.3 is 35.1 Å². The minimum absolute atomic E-state index is 0.0198. The number of benzene rings is 1. The van der Waals surface area contributed by atoms with Crippen LogP contribution in [-0.2, 0) is 33.9 Å². The van der Waals surface area contributed by atoms with Gasteiger partial charge in [-0.2, -0.15) is 0 Å². The van der Waals surface area contributed by atoms with Crippen molar-refractivity contribution in [3.8, 4) is 11.6 Å². The fourth-order valence-corrected chi connectivity index (χ4v) is 7.49. The standard InChI is InChI=1S/C34H44N6O10S/c1-7-20-16-34(20,31(44)39-51(46,47)23-9-10-23)38-28(42)25-15-22(50-29-24-11-8-21(48-5)14-19(24)12-13-35-29)18-40(25)30(43)27(33(2,3)4)37-32(45)36-17-26(41)49-6/h7-8,11-14,20,22-23,25,27H,1,9-10,15-18H2,2-6H3,(H,38,42)(H,39,44)(H2,36,37,45)/t20-,22+,25+,27+,34-/m0/s1. The molecule has 51 heavy (non-hydrogen) atoms. The molecule has 2 saturated carbocycles. The van der Waals surface area contributed by atoms with Crippen molar-refractivity contribution in [2.24, 2.45) is 11.3 Å². The second kappa shape index (κ2) is 14.4. The van der Waals surface area contributed by atoms with Crippen LogP contribution in [0.3, 0.4) is 0 Å². The van der Waals surface area contributed by atoms with Crippen LogP contribution in [0, 0.1) is 11.3 Å². The molecule has 0 radical (unpaired) electrons. The van der Waals surface area contributed by atoms with Crippen LogP contribution in [0.4, 0.5) is 4.79 Å². The number of sulfonamides is 1. The van der Waals surface area contributed by atoms with Crippen LogP contribution < -0.4 is 30.1 Å². The third-order valence-corrected chi connectivity index (χ3v) is 11.1. The lowest BCUT2D eigenvalue weighted by Gasteiger charge is -2.35. The molecular weight excluding hydrogens is 684 g/mol. The summed E-state index contributed by atoms with van der Waals surface area (Å²) in [6.45, 7) is 8.38. The maximum absolute atomic E-state index is 14.4. The van der Waals surface area contributed by atoms with Crippen molar-refractivity contribution in [1.82, 2.24) is 30.6 Å². The molecule has 1 aliphatic heterocycles. The Labute approximate surface area is 296 Å². The van der Waals surface area contributed by atoms with Crippen LogP contribution in [0.5, 0.6) is 11.6 Å². The van der Waals surface area contributed by atoms with Crippen molar-refractivity contribution in [3.05, 3.63) is 43.1 Å². The number of urea groups is 1. The van der Waals surface area contributed by atoms with Gasteiger partial charge in [0.15, 0.2) is 0 Å². The molecule has 1 saturated heterocycles. The van der Waals surface area contributed by atoms with Crippen molar-refractivity contribution in [3.63, 3.8) is 0 Å². The van der Waals surface area contributed by atoms with E-state index in [0.717, 1.165) is 5.39 Å². The zero-order valence-electron chi connectivity index (χ0n) is 29.2. The molecule has 1 aromatic carbocycles. The van der Waals surface area contributed by atoms with Crippen LogP contribution >= 0.6 is 0 Å². The number of rotatable bonds is 13. The molecule has 0 spiro atoms. The largest absolute Gasteiger partial charge is 0.497 e. The number of methoxy groups -OCH3 is 2. The van der Waals surface area contributed by atoms with E-state index in [4.69, 9.17) is 9.47 Å². The number of nitrogens with one attached hydrogen (secondary N) is 4. The zero-order chi connectivity index (χ0) is 37.3. The number of carbonyl (C=O) groups excluding carboxylic acids is 5. The van der Waals surface area contributed by atoms with E-state index >= 15 is 0 Å². The van der Waals surface area contributed by atoms with Gasteiger partial charge in [0, 0.05) is 23.9 Å². The van der Waals surface area contributed by atoms with Gasteiger partial charge in [0.25, 0.3) is 5.91 Å². The fraction of sp³-hybridized carbons (Fsp3) is 0.529. The normalized spacial score (nSPS) is 23.4. The molecule has 5 amide bonds. The summed E-state index contributed by atoms with van der Waals surface area (Å²) in [7, 11) is -1.19. The van der Waals surface area contributed by atoms with Gasteiger partial charge in [-0.15, -0.1) is 6.58 Å². The summed E-state index contributed by atoms with van der Waals surface area (Å²) in [5.41, 5.74) is -2.46. The van der Waals surface area contributed by atoms with Gasteiger partial charge in [0.1, 0.15) is 36.0 Å². The number of likely N-dealkylation sites (tertiary alicyclic amines) is 1. The Morgan fingerprint density at radius 3 is 2.47 bits per heavy atom. The number of fused-ring (bicyclic) bond motifs is 1. The molecule has 5 rings (SSSR count). The summed E-state index contributed by atoms with van der Waals surface area (Å²) in [5.74, 6) is -2.56. The lowest BCUT2D eigenvalue weighted by Crippen LogP contribution is -2.61. The van der Waals surface area contributed by atoms with Gasteiger partial charge in [0.05, 0.1) is 26.0 Å². The average molecular weight is 729 g/mol. The average Bonchev–Trinajstić information content (AvgIpc) is 4.02.